The number of rotatable bonds is 4. The van der Waals surface area contributed by atoms with E-state index >= 15 is 0 Å². The molecule has 1 aliphatic carbocycles. The van der Waals surface area contributed by atoms with Crippen LogP contribution in [0.4, 0.5) is 16.2 Å². The Labute approximate surface area is 133 Å². The number of hydrogen-bond acceptors (Lipinski definition) is 4. The Balaban J connectivity index is 1.60. The first-order valence-electron chi connectivity index (χ1n) is 7.31. The lowest BCUT2D eigenvalue weighted by molar-refractivity contribution is -0.117. The van der Waals surface area contributed by atoms with Crippen LogP contribution in [0.2, 0.25) is 0 Å². The minimum absolute atomic E-state index is 0.0194. The number of carbonyl (C=O) groups is 2. The van der Waals surface area contributed by atoms with Gasteiger partial charge in [-0.2, -0.15) is 5.10 Å². The summed E-state index contributed by atoms with van der Waals surface area (Å²) in [6, 6.07) is 6.95. The highest BCUT2D eigenvalue weighted by molar-refractivity contribution is 5.96. The van der Waals surface area contributed by atoms with Crippen molar-refractivity contribution < 1.29 is 14.3 Å². The smallest absolute Gasteiger partial charge is 0.411 e. The van der Waals surface area contributed by atoms with Crippen molar-refractivity contribution in [3.05, 3.63) is 42.2 Å². The van der Waals surface area contributed by atoms with Crippen molar-refractivity contribution in [2.75, 3.05) is 17.7 Å². The summed E-state index contributed by atoms with van der Waals surface area (Å²) in [5, 5.41) is 9.58. The molecule has 1 aromatic carbocycles. The van der Waals surface area contributed by atoms with Gasteiger partial charge < -0.3 is 10.1 Å². The number of aryl methyl sites for hydroxylation is 1. The highest BCUT2D eigenvalue weighted by atomic mass is 16.5. The molecule has 1 fully saturated rings. The van der Waals surface area contributed by atoms with Crippen LogP contribution in [0.15, 0.2) is 36.7 Å². The SMILES string of the molecule is COC(=O)Nc1cccc(NC(=O)[C@H]2C[C@@H]2c2cnn(C)c2)c1. The van der Waals surface area contributed by atoms with Crippen molar-refractivity contribution in [3.63, 3.8) is 0 Å². The van der Waals surface area contributed by atoms with Crippen LogP contribution in [0.5, 0.6) is 0 Å². The minimum atomic E-state index is -0.549. The van der Waals surface area contributed by atoms with Gasteiger partial charge in [0.1, 0.15) is 0 Å². The van der Waals surface area contributed by atoms with Gasteiger partial charge in [0.2, 0.25) is 5.91 Å². The normalized spacial score (nSPS) is 19.0. The second kappa shape index (κ2) is 6.12. The Hall–Kier alpha value is -2.83. The fourth-order valence-corrected chi connectivity index (χ4v) is 2.56. The summed E-state index contributed by atoms with van der Waals surface area (Å²) in [5.41, 5.74) is 2.30. The molecule has 0 aliphatic heterocycles. The molecule has 2 N–H and O–H groups in total. The Bertz CT molecular complexity index is 740. The van der Waals surface area contributed by atoms with Gasteiger partial charge in [0, 0.05) is 30.5 Å². The highest BCUT2D eigenvalue weighted by Crippen LogP contribution is 2.47. The maximum atomic E-state index is 12.3. The monoisotopic (exact) mass is 314 g/mol. The van der Waals surface area contributed by atoms with E-state index in [0.717, 1.165) is 12.0 Å². The van der Waals surface area contributed by atoms with E-state index in [1.807, 2.05) is 13.2 Å². The Morgan fingerprint density at radius 3 is 2.70 bits per heavy atom. The first kappa shape index (κ1) is 15.1. The molecule has 2 aromatic rings. The molecule has 7 heteroatoms. The molecule has 1 aromatic heterocycles. The lowest BCUT2D eigenvalue weighted by Gasteiger charge is -2.08. The topological polar surface area (TPSA) is 85.2 Å². The number of amides is 2. The van der Waals surface area contributed by atoms with Gasteiger partial charge in [-0.05, 0) is 36.1 Å². The molecule has 23 heavy (non-hydrogen) atoms. The summed E-state index contributed by atoms with van der Waals surface area (Å²) < 4.78 is 6.28. The summed E-state index contributed by atoms with van der Waals surface area (Å²) >= 11 is 0. The zero-order chi connectivity index (χ0) is 16.4. The summed E-state index contributed by atoms with van der Waals surface area (Å²) in [6.45, 7) is 0. The maximum Gasteiger partial charge on any atom is 0.411 e. The van der Waals surface area contributed by atoms with Crippen molar-refractivity contribution >= 4 is 23.4 Å². The zero-order valence-corrected chi connectivity index (χ0v) is 12.9. The number of methoxy groups -OCH3 is 1. The molecule has 120 valence electrons. The highest BCUT2D eigenvalue weighted by Gasteiger charge is 2.44. The summed E-state index contributed by atoms with van der Waals surface area (Å²) in [7, 11) is 3.16. The van der Waals surface area contributed by atoms with Gasteiger partial charge in [-0.25, -0.2) is 4.79 Å². The van der Waals surface area contributed by atoms with Crippen LogP contribution in [0, 0.1) is 5.92 Å². The van der Waals surface area contributed by atoms with Gasteiger partial charge >= 0.3 is 6.09 Å². The van der Waals surface area contributed by atoms with E-state index in [2.05, 4.69) is 20.5 Å². The van der Waals surface area contributed by atoms with Crippen molar-refractivity contribution in [1.29, 1.82) is 0 Å². The van der Waals surface area contributed by atoms with Crippen LogP contribution in [0.25, 0.3) is 0 Å². The number of carbonyl (C=O) groups excluding carboxylic acids is 2. The average Bonchev–Trinajstić information content (AvgIpc) is 3.22. The first-order valence-corrected chi connectivity index (χ1v) is 7.31. The van der Waals surface area contributed by atoms with Crippen LogP contribution in [-0.2, 0) is 16.6 Å². The van der Waals surface area contributed by atoms with Gasteiger partial charge in [-0.3, -0.25) is 14.8 Å². The van der Waals surface area contributed by atoms with Gasteiger partial charge in [0.15, 0.2) is 0 Å². The van der Waals surface area contributed by atoms with Crippen LogP contribution >= 0.6 is 0 Å². The van der Waals surface area contributed by atoms with Crippen LogP contribution in [0.1, 0.15) is 17.9 Å². The molecule has 1 aliphatic rings. The largest absolute Gasteiger partial charge is 0.453 e. The molecule has 0 saturated heterocycles. The maximum absolute atomic E-state index is 12.3. The summed E-state index contributed by atoms with van der Waals surface area (Å²) in [6.07, 6.45) is 4.03. The second-order valence-corrected chi connectivity index (χ2v) is 5.58. The quantitative estimate of drug-likeness (QED) is 0.907. The molecule has 0 bridgehead atoms. The third kappa shape index (κ3) is 3.50. The fourth-order valence-electron chi connectivity index (χ4n) is 2.56. The Morgan fingerprint density at radius 1 is 1.30 bits per heavy atom. The number of nitrogens with zero attached hydrogens (tertiary/aromatic N) is 2. The molecule has 2 atom stereocenters. The van der Waals surface area contributed by atoms with E-state index in [-0.39, 0.29) is 17.7 Å². The third-order valence-electron chi connectivity index (χ3n) is 3.84. The summed E-state index contributed by atoms with van der Waals surface area (Å²) in [4.78, 5) is 23.5. The number of ether oxygens (including phenoxy) is 1. The zero-order valence-electron chi connectivity index (χ0n) is 12.9. The first-order chi connectivity index (χ1) is 11.1. The van der Waals surface area contributed by atoms with E-state index in [1.165, 1.54) is 7.11 Å². The molecule has 0 radical (unpaired) electrons. The van der Waals surface area contributed by atoms with Gasteiger partial charge in [-0.1, -0.05) is 6.07 Å². The molecule has 0 unspecified atom stereocenters. The standard InChI is InChI=1S/C16H18N4O3/c1-20-9-10(8-17-20)13-7-14(13)15(21)18-11-4-3-5-12(6-11)19-16(22)23-2/h3-6,8-9,13-14H,7H2,1-2H3,(H,18,21)(H,19,22)/t13-,14+/m1/s1. The molecule has 3 rings (SSSR count). The number of aromatic nitrogens is 2. The molecular formula is C16H18N4O3. The van der Waals surface area contributed by atoms with E-state index in [4.69, 9.17) is 0 Å². The number of anilines is 2. The number of nitrogens with one attached hydrogen (secondary N) is 2. The number of benzene rings is 1. The van der Waals surface area contributed by atoms with E-state index in [0.29, 0.717) is 11.4 Å². The van der Waals surface area contributed by atoms with Crippen molar-refractivity contribution in [3.8, 4) is 0 Å². The van der Waals surface area contributed by atoms with Crippen molar-refractivity contribution in [1.82, 2.24) is 9.78 Å². The predicted molar refractivity (Wildman–Crippen MR) is 85.2 cm³/mol. The molecule has 0 spiro atoms. The van der Waals surface area contributed by atoms with Crippen molar-refractivity contribution in [2.24, 2.45) is 13.0 Å². The molecule has 7 nitrogen and oxygen atoms in total. The van der Waals surface area contributed by atoms with Crippen LogP contribution in [-0.4, -0.2) is 28.9 Å². The van der Waals surface area contributed by atoms with E-state index in [9.17, 15) is 9.59 Å². The van der Waals surface area contributed by atoms with Gasteiger partial charge in [0.25, 0.3) is 0 Å². The minimum Gasteiger partial charge on any atom is -0.453 e. The fraction of sp³-hybridized carbons (Fsp3) is 0.312. The van der Waals surface area contributed by atoms with E-state index < -0.39 is 6.09 Å². The predicted octanol–water partition coefficient (Wildman–Crippen LogP) is 2.34. The van der Waals surface area contributed by atoms with E-state index in [1.54, 1.807) is 35.1 Å². The van der Waals surface area contributed by atoms with Gasteiger partial charge in [-0.15, -0.1) is 0 Å². The molecule has 2 amide bonds. The van der Waals surface area contributed by atoms with Crippen LogP contribution < -0.4 is 10.6 Å². The van der Waals surface area contributed by atoms with Crippen LogP contribution in [0.3, 0.4) is 0 Å². The summed E-state index contributed by atoms with van der Waals surface area (Å²) in [5.74, 6) is 0.186. The lowest BCUT2D eigenvalue weighted by atomic mass is 10.2. The lowest BCUT2D eigenvalue weighted by Crippen LogP contribution is -2.15. The van der Waals surface area contributed by atoms with Crippen molar-refractivity contribution in [2.45, 2.75) is 12.3 Å². The number of hydrogen-bond donors (Lipinski definition) is 2. The third-order valence-corrected chi connectivity index (χ3v) is 3.84. The average molecular weight is 314 g/mol. The molecule has 1 saturated carbocycles. The molecular weight excluding hydrogens is 296 g/mol. The molecule has 1 heterocycles. The van der Waals surface area contributed by atoms with Gasteiger partial charge in [0.05, 0.1) is 13.3 Å². The second-order valence-electron chi connectivity index (χ2n) is 5.58. The Morgan fingerprint density at radius 2 is 2.04 bits per heavy atom. The Kier molecular flexibility index (Phi) is 4.01.